The highest BCUT2D eigenvalue weighted by Crippen LogP contribution is 2.16. The van der Waals surface area contributed by atoms with Crippen LogP contribution < -0.4 is 5.73 Å². The van der Waals surface area contributed by atoms with E-state index in [2.05, 4.69) is 16.5 Å². The van der Waals surface area contributed by atoms with E-state index >= 15 is 0 Å². The van der Waals surface area contributed by atoms with Gasteiger partial charge in [0.2, 0.25) is 0 Å². The Labute approximate surface area is 83.5 Å². The summed E-state index contributed by atoms with van der Waals surface area (Å²) in [6.45, 7) is 2.21. The van der Waals surface area contributed by atoms with Crippen molar-refractivity contribution >= 4 is 11.5 Å². The van der Waals surface area contributed by atoms with E-state index in [-0.39, 0.29) is 6.04 Å². The Hall–Kier alpha value is -0.480. The first-order valence-electron chi connectivity index (χ1n) is 4.87. The van der Waals surface area contributed by atoms with E-state index in [1.165, 1.54) is 37.2 Å². The average Bonchev–Trinajstić information content (AvgIpc) is 2.65. The highest BCUT2D eigenvalue weighted by atomic mass is 32.1. The molecule has 74 valence electrons. The van der Waals surface area contributed by atoms with Crippen molar-refractivity contribution in [1.29, 1.82) is 0 Å². The first-order chi connectivity index (χ1) is 6.34. The van der Waals surface area contributed by atoms with E-state index in [1.54, 1.807) is 0 Å². The highest BCUT2D eigenvalue weighted by Gasteiger charge is 2.07. The minimum absolute atomic E-state index is 0.0932. The number of nitrogens with two attached hydrogens (primary N) is 1. The SMILES string of the molecule is CCCCCCC(N)c1csnn1. The Kier molecular flexibility index (Phi) is 4.93. The van der Waals surface area contributed by atoms with Crippen molar-refractivity contribution in [3.05, 3.63) is 11.1 Å². The van der Waals surface area contributed by atoms with Crippen molar-refractivity contribution in [2.24, 2.45) is 5.73 Å². The summed E-state index contributed by atoms with van der Waals surface area (Å²) in [5.41, 5.74) is 6.87. The molecule has 1 atom stereocenters. The molecule has 0 saturated heterocycles. The summed E-state index contributed by atoms with van der Waals surface area (Å²) < 4.78 is 3.80. The van der Waals surface area contributed by atoms with Crippen LogP contribution in [0.3, 0.4) is 0 Å². The van der Waals surface area contributed by atoms with Crippen LogP contribution >= 0.6 is 11.5 Å². The molecule has 3 nitrogen and oxygen atoms in total. The molecule has 2 N–H and O–H groups in total. The van der Waals surface area contributed by atoms with Crippen LogP contribution in [-0.4, -0.2) is 9.59 Å². The second-order valence-corrected chi connectivity index (χ2v) is 3.90. The molecule has 13 heavy (non-hydrogen) atoms. The minimum atomic E-state index is 0.0932. The highest BCUT2D eigenvalue weighted by molar-refractivity contribution is 7.03. The van der Waals surface area contributed by atoms with E-state index in [4.69, 9.17) is 5.73 Å². The molecule has 0 bridgehead atoms. The molecule has 0 fully saturated rings. The zero-order chi connectivity index (χ0) is 9.52. The number of rotatable bonds is 6. The Balaban J connectivity index is 2.15. The van der Waals surface area contributed by atoms with Gasteiger partial charge in [-0.25, -0.2) is 0 Å². The van der Waals surface area contributed by atoms with Gasteiger partial charge < -0.3 is 5.73 Å². The lowest BCUT2D eigenvalue weighted by molar-refractivity contribution is 0.556. The summed E-state index contributed by atoms with van der Waals surface area (Å²) in [4.78, 5) is 0. The van der Waals surface area contributed by atoms with Crippen molar-refractivity contribution < 1.29 is 0 Å². The molecule has 4 heteroatoms. The van der Waals surface area contributed by atoms with Crippen LogP contribution in [-0.2, 0) is 0 Å². The number of nitrogens with zero attached hydrogens (tertiary/aromatic N) is 2. The van der Waals surface area contributed by atoms with Crippen LogP contribution in [0.15, 0.2) is 5.38 Å². The van der Waals surface area contributed by atoms with Crippen LogP contribution in [0.2, 0.25) is 0 Å². The fourth-order valence-corrected chi connectivity index (χ4v) is 1.79. The van der Waals surface area contributed by atoms with Crippen LogP contribution in [0.4, 0.5) is 0 Å². The Bertz CT molecular complexity index is 211. The van der Waals surface area contributed by atoms with Crippen molar-refractivity contribution in [2.45, 2.75) is 45.1 Å². The van der Waals surface area contributed by atoms with Gasteiger partial charge in [0.25, 0.3) is 0 Å². The van der Waals surface area contributed by atoms with Gasteiger partial charge in [-0.15, -0.1) is 5.10 Å². The number of aromatic nitrogens is 2. The molecule has 0 aromatic carbocycles. The third-order valence-corrected chi connectivity index (χ3v) is 2.65. The smallest absolute Gasteiger partial charge is 0.0922 e. The van der Waals surface area contributed by atoms with E-state index in [1.807, 2.05) is 5.38 Å². The first kappa shape index (κ1) is 10.6. The molecule has 1 heterocycles. The summed E-state index contributed by atoms with van der Waals surface area (Å²) in [7, 11) is 0. The summed E-state index contributed by atoms with van der Waals surface area (Å²) >= 11 is 1.37. The molecule has 1 rings (SSSR count). The monoisotopic (exact) mass is 199 g/mol. The van der Waals surface area contributed by atoms with Crippen LogP contribution in [0.1, 0.15) is 50.8 Å². The molecule has 1 unspecified atom stereocenters. The molecule has 0 radical (unpaired) electrons. The molecule has 0 amide bonds. The maximum atomic E-state index is 5.93. The Morgan fingerprint density at radius 1 is 1.46 bits per heavy atom. The molecule has 1 aromatic heterocycles. The lowest BCUT2D eigenvalue weighted by atomic mass is 10.1. The van der Waals surface area contributed by atoms with E-state index in [0.29, 0.717) is 0 Å². The maximum Gasteiger partial charge on any atom is 0.0922 e. The van der Waals surface area contributed by atoms with Crippen molar-refractivity contribution in [1.82, 2.24) is 9.59 Å². The topological polar surface area (TPSA) is 51.8 Å². The predicted octanol–water partition coefficient (Wildman–Crippen LogP) is 2.51. The first-order valence-corrected chi connectivity index (χ1v) is 5.70. The predicted molar refractivity (Wildman–Crippen MR) is 55.6 cm³/mol. The lowest BCUT2D eigenvalue weighted by Crippen LogP contribution is -2.10. The normalized spacial score (nSPS) is 13.1. The zero-order valence-corrected chi connectivity index (χ0v) is 8.89. The fraction of sp³-hybridized carbons (Fsp3) is 0.778. The summed E-state index contributed by atoms with van der Waals surface area (Å²) in [6.07, 6.45) is 6.09. The molecular weight excluding hydrogens is 182 g/mol. The van der Waals surface area contributed by atoms with Gasteiger partial charge in [0.05, 0.1) is 5.69 Å². The number of hydrogen-bond donors (Lipinski definition) is 1. The van der Waals surface area contributed by atoms with Crippen LogP contribution in [0.25, 0.3) is 0 Å². The Morgan fingerprint density at radius 2 is 2.31 bits per heavy atom. The third-order valence-electron chi connectivity index (χ3n) is 2.13. The van der Waals surface area contributed by atoms with Crippen LogP contribution in [0.5, 0.6) is 0 Å². The average molecular weight is 199 g/mol. The summed E-state index contributed by atoms with van der Waals surface area (Å²) in [5, 5.41) is 5.89. The maximum absolute atomic E-state index is 5.93. The lowest BCUT2D eigenvalue weighted by Gasteiger charge is -2.06. The summed E-state index contributed by atoms with van der Waals surface area (Å²) in [6, 6.07) is 0.0932. The van der Waals surface area contributed by atoms with Crippen LogP contribution in [0, 0.1) is 0 Å². The molecule has 0 saturated carbocycles. The van der Waals surface area contributed by atoms with Gasteiger partial charge >= 0.3 is 0 Å². The zero-order valence-electron chi connectivity index (χ0n) is 8.07. The second-order valence-electron chi connectivity index (χ2n) is 3.29. The molecule has 0 aliphatic heterocycles. The largest absolute Gasteiger partial charge is 0.323 e. The van der Waals surface area contributed by atoms with E-state index < -0.39 is 0 Å². The Morgan fingerprint density at radius 3 is 2.92 bits per heavy atom. The minimum Gasteiger partial charge on any atom is -0.323 e. The number of hydrogen-bond acceptors (Lipinski definition) is 4. The second kappa shape index (κ2) is 6.05. The molecule has 0 aliphatic carbocycles. The van der Waals surface area contributed by atoms with Crippen molar-refractivity contribution in [3.8, 4) is 0 Å². The third kappa shape index (κ3) is 3.83. The quantitative estimate of drug-likeness (QED) is 0.716. The fourth-order valence-electron chi connectivity index (χ4n) is 1.27. The van der Waals surface area contributed by atoms with E-state index in [0.717, 1.165) is 12.1 Å². The van der Waals surface area contributed by atoms with E-state index in [9.17, 15) is 0 Å². The molecule has 0 spiro atoms. The number of unbranched alkanes of at least 4 members (excludes halogenated alkanes) is 3. The molecule has 1 aromatic rings. The van der Waals surface area contributed by atoms with Crippen molar-refractivity contribution in [3.63, 3.8) is 0 Å². The van der Waals surface area contributed by atoms with Gasteiger partial charge in [-0.1, -0.05) is 37.1 Å². The van der Waals surface area contributed by atoms with Gasteiger partial charge in [0, 0.05) is 11.4 Å². The molecule has 0 aliphatic rings. The van der Waals surface area contributed by atoms with Gasteiger partial charge in [0.15, 0.2) is 0 Å². The van der Waals surface area contributed by atoms with Gasteiger partial charge in [-0.2, -0.15) is 0 Å². The van der Waals surface area contributed by atoms with Gasteiger partial charge in [0.1, 0.15) is 0 Å². The standard InChI is InChI=1S/C9H17N3S/c1-2-3-4-5-6-8(10)9-7-13-12-11-9/h7-8H,2-6,10H2,1H3. The van der Waals surface area contributed by atoms with Crippen molar-refractivity contribution in [2.75, 3.05) is 0 Å². The molecular formula is C9H17N3S. The van der Waals surface area contributed by atoms with Gasteiger partial charge in [-0.05, 0) is 18.0 Å². The van der Waals surface area contributed by atoms with Gasteiger partial charge in [-0.3, -0.25) is 0 Å². The summed E-state index contributed by atoms with van der Waals surface area (Å²) in [5.74, 6) is 0.